The average Bonchev–Trinajstić information content (AvgIpc) is 2.78. The molecule has 2 aromatic heterocycles. The number of aromatic nitrogens is 2. The number of amides is 1. The molecule has 5 nitrogen and oxygen atoms in total. The normalized spacial score (nSPS) is 10.7. The number of halogens is 1. The molecule has 0 fully saturated rings. The summed E-state index contributed by atoms with van der Waals surface area (Å²) >= 11 is 3.30. The topological polar surface area (TPSA) is 68.0 Å². The van der Waals surface area contributed by atoms with Gasteiger partial charge in [0.2, 0.25) is 0 Å². The summed E-state index contributed by atoms with van der Waals surface area (Å²) in [4.78, 5) is 20.4. The highest BCUT2D eigenvalue weighted by Crippen LogP contribution is 2.21. The quantitative estimate of drug-likeness (QED) is 0.779. The van der Waals surface area contributed by atoms with Gasteiger partial charge in [-0.15, -0.1) is 0 Å². The van der Waals surface area contributed by atoms with Crippen molar-refractivity contribution in [1.82, 2.24) is 9.97 Å². The molecule has 1 amide bonds. The second-order valence-electron chi connectivity index (χ2n) is 4.20. The lowest BCUT2D eigenvalue weighted by molar-refractivity contribution is 0.102. The summed E-state index contributed by atoms with van der Waals surface area (Å²) in [5.41, 5.74) is 2.39. The van der Waals surface area contributed by atoms with Gasteiger partial charge in [0.25, 0.3) is 5.91 Å². The lowest BCUT2D eigenvalue weighted by atomic mass is 10.2. The Kier molecular flexibility index (Phi) is 3.23. The third kappa shape index (κ3) is 2.42. The molecule has 0 aliphatic heterocycles. The summed E-state index contributed by atoms with van der Waals surface area (Å²) in [5.74, 6) is 0.313. The van der Waals surface area contributed by atoms with E-state index >= 15 is 0 Å². The number of oxazole rings is 1. The fourth-order valence-electron chi connectivity index (χ4n) is 1.86. The number of nitrogens with one attached hydrogen (secondary N) is 1. The van der Waals surface area contributed by atoms with Crippen LogP contribution in [0.25, 0.3) is 11.1 Å². The van der Waals surface area contributed by atoms with Crippen molar-refractivity contribution in [1.29, 1.82) is 0 Å². The molecule has 0 bridgehead atoms. The second-order valence-corrected chi connectivity index (χ2v) is 5.06. The molecule has 100 valence electrons. The Morgan fingerprint density at radius 3 is 3.00 bits per heavy atom. The number of carbonyl (C=O) groups excluding carboxylic acids is 1. The molecule has 0 atom stereocenters. The number of hydrogen-bond donors (Lipinski definition) is 1. The smallest absolute Gasteiger partial charge is 0.275 e. The Morgan fingerprint density at radius 1 is 1.35 bits per heavy atom. The molecule has 3 aromatic rings. The van der Waals surface area contributed by atoms with E-state index in [4.69, 9.17) is 4.42 Å². The van der Waals surface area contributed by atoms with Crippen molar-refractivity contribution in [3.05, 3.63) is 52.6 Å². The van der Waals surface area contributed by atoms with Gasteiger partial charge >= 0.3 is 0 Å². The third-order valence-electron chi connectivity index (χ3n) is 2.73. The van der Waals surface area contributed by atoms with E-state index in [-0.39, 0.29) is 5.91 Å². The van der Waals surface area contributed by atoms with Gasteiger partial charge in [0.1, 0.15) is 11.2 Å². The van der Waals surface area contributed by atoms with Crippen LogP contribution in [0.1, 0.15) is 16.4 Å². The van der Waals surface area contributed by atoms with Crippen LogP contribution in [-0.4, -0.2) is 15.9 Å². The van der Waals surface area contributed by atoms with Crippen molar-refractivity contribution in [2.24, 2.45) is 0 Å². The van der Waals surface area contributed by atoms with Crippen LogP contribution >= 0.6 is 15.9 Å². The summed E-state index contributed by atoms with van der Waals surface area (Å²) in [6, 6.07) is 8.83. The summed E-state index contributed by atoms with van der Waals surface area (Å²) in [6.07, 6.45) is 1.57. The van der Waals surface area contributed by atoms with Gasteiger partial charge in [0.15, 0.2) is 11.5 Å². The van der Waals surface area contributed by atoms with Gasteiger partial charge < -0.3 is 9.73 Å². The fourth-order valence-corrected chi connectivity index (χ4v) is 2.30. The molecule has 2 heterocycles. The molecule has 1 N–H and O–H groups in total. The molecule has 0 saturated carbocycles. The van der Waals surface area contributed by atoms with E-state index in [2.05, 4.69) is 31.2 Å². The first-order chi connectivity index (χ1) is 9.63. The van der Waals surface area contributed by atoms with Crippen molar-refractivity contribution >= 4 is 38.6 Å². The van der Waals surface area contributed by atoms with Crippen LogP contribution in [0, 0.1) is 6.92 Å². The Labute approximate surface area is 123 Å². The lowest BCUT2D eigenvalue weighted by Gasteiger charge is -2.05. The predicted octanol–water partition coefficient (Wildman–Crippen LogP) is 3.55. The zero-order chi connectivity index (χ0) is 14.1. The van der Waals surface area contributed by atoms with Crippen molar-refractivity contribution in [2.75, 3.05) is 5.32 Å². The molecule has 3 rings (SSSR count). The van der Waals surface area contributed by atoms with Crippen molar-refractivity contribution in [3.63, 3.8) is 0 Å². The van der Waals surface area contributed by atoms with Crippen molar-refractivity contribution in [2.45, 2.75) is 6.92 Å². The van der Waals surface area contributed by atoms with E-state index in [1.807, 2.05) is 0 Å². The number of benzene rings is 1. The molecular formula is C14H10BrN3O2. The second kappa shape index (κ2) is 5.05. The van der Waals surface area contributed by atoms with Gasteiger partial charge in [-0.05, 0) is 46.3 Å². The summed E-state index contributed by atoms with van der Waals surface area (Å²) < 4.78 is 6.04. The van der Waals surface area contributed by atoms with Crippen LogP contribution < -0.4 is 5.32 Å². The molecule has 0 radical (unpaired) electrons. The van der Waals surface area contributed by atoms with Crippen LogP contribution in [0.5, 0.6) is 0 Å². The summed E-state index contributed by atoms with van der Waals surface area (Å²) in [5, 5.41) is 2.79. The minimum absolute atomic E-state index is 0.281. The molecule has 20 heavy (non-hydrogen) atoms. The summed E-state index contributed by atoms with van der Waals surface area (Å²) in [6.45, 7) is 1.78. The van der Waals surface area contributed by atoms with Crippen LogP contribution in [-0.2, 0) is 0 Å². The fraction of sp³-hybridized carbons (Fsp3) is 0.0714. The maximum Gasteiger partial charge on any atom is 0.275 e. The molecule has 0 aliphatic carbocycles. The predicted molar refractivity (Wildman–Crippen MR) is 78.6 cm³/mol. The van der Waals surface area contributed by atoms with Crippen molar-refractivity contribution in [3.8, 4) is 0 Å². The molecule has 0 unspecified atom stereocenters. The van der Waals surface area contributed by atoms with E-state index in [1.165, 1.54) is 0 Å². The highest BCUT2D eigenvalue weighted by molar-refractivity contribution is 9.10. The first-order valence-electron chi connectivity index (χ1n) is 5.92. The number of nitrogens with zero attached hydrogens (tertiary/aromatic N) is 2. The van der Waals surface area contributed by atoms with Gasteiger partial charge in [-0.2, -0.15) is 0 Å². The maximum atomic E-state index is 12.1. The monoisotopic (exact) mass is 331 g/mol. The molecular weight excluding hydrogens is 322 g/mol. The highest BCUT2D eigenvalue weighted by Gasteiger charge is 2.12. The molecule has 0 saturated heterocycles. The van der Waals surface area contributed by atoms with E-state index in [9.17, 15) is 4.79 Å². The van der Waals surface area contributed by atoms with E-state index < -0.39 is 0 Å². The number of hydrogen-bond acceptors (Lipinski definition) is 4. The van der Waals surface area contributed by atoms with E-state index in [0.29, 0.717) is 32.8 Å². The van der Waals surface area contributed by atoms with Gasteiger partial charge in [0.05, 0.1) is 0 Å². The number of aryl methyl sites for hydroxylation is 1. The first kappa shape index (κ1) is 12.8. The largest absolute Gasteiger partial charge is 0.441 e. The Bertz CT molecular complexity index is 798. The molecule has 1 aromatic carbocycles. The standard InChI is InChI=1S/C14H10BrN3O2/c1-8-17-11-7-9(4-5-12(11)20-8)18-14(19)13-10(15)3-2-6-16-13/h2-7H,1H3,(H,18,19). The minimum Gasteiger partial charge on any atom is -0.441 e. The van der Waals surface area contributed by atoms with Crippen LogP contribution in [0.4, 0.5) is 5.69 Å². The minimum atomic E-state index is -0.281. The van der Waals surface area contributed by atoms with Gasteiger partial charge in [-0.1, -0.05) is 0 Å². The van der Waals surface area contributed by atoms with Gasteiger partial charge in [0, 0.05) is 23.3 Å². The summed E-state index contributed by atoms with van der Waals surface area (Å²) in [7, 11) is 0. The number of carbonyl (C=O) groups is 1. The van der Waals surface area contributed by atoms with Crippen LogP contribution in [0.15, 0.2) is 45.4 Å². The zero-order valence-electron chi connectivity index (χ0n) is 10.6. The van der Waals surface area contributed by atoms with Crippen molar-refractivity contribution < 1.29 is 9.21 Å². The Hall–Kier alpha value is -2.21. The average molecular weight is 332 g/mol. The number of rotatable bonds is 2. The number of pyridine rings is 1. The highest BCUT2D eigenvalue weighted by atomic mass is 79.9. The molecule has 0 spiro atoms. The van der Waals surface area contributed by atoms with E-state index in [0.717, 1.165) is 0 Å². The first-order valence-corrected chi connectivity index (χ1v) is 6.72. The Balaban J connectivity index is 1.89. The van der Waals surface area contributed by atoms with Crippen LogP contribution in [0.2, 0.25) is 0 Å². The van der Waals surface area contributed by atoms with Crippen LogP contribution in [0.3, 0.4) is 0 Å². The van der Waals surface area contributed by atoms with E-state index in [1.54, 1.807) is 43.5 Å². The SMILES string of the molecule is Cc1nc2cc(NC(=O)c3ncccc3Br)ccc2o1. The third-order valence-corrected chi connectivity index (χ3v) is 3.37. The van der Waals surface area contributed by atoms with Gasteiger partial charge in [-0.3, -0.25) is 4.79 Å². The lowest BCUT2D eigenvalue weighted by Crippen LogP contribution is -2.14. The maximum absolute atomic E-state index is 12.1. The Morgan fingerprint density at radius 2 is 2.20 bits per heavy atom. The zero-order valence-corrected chi connectivity index (χ0v) is 12.1. The molecule has 6 heteroatoms. The number of fused-ring (bicyclic) bond motifs is 1. The van der Waals surface area contributed by atoms with Gasteiger partial charge in [-0.25, -0.2) is 9.97 Å². The molecule has 0 aliphatic rings. The number of anilines is 1.